The molecule has 0 aromatic heterocycles. The number of carbonyl (C=O) groups is 2. The minimum Gasteiger partial charge on any atom is -0.399 e. The van der Waals surface area contributed by atoms with Crippen LogP contribution in [-0.2, 0) is 4.79 Å². The molecule has 3 unspecified atom stereocenters. The first-order valence-electron chi connectivity index (χ1n) is 6.84. The number of carbonyl (C=O) groups excluding carboxylic acids is 2. The number of nitrogen functional groups attached to an aromatic ring is 1. The van der Waals surface area contributed by atoms with Crippen LogP contribution in [0.15, 0.2) is 24.3 Å². The SMILES string of the molecule is Nc1ccc(C(=O)NC(=O)C2CC3CCC2C3)cc1. The van der Waals surface area contributed by atoms with E-state index in [0.717, 1.165) is 19.3 Å². The first-order valence-corrected chi connectivity index (χ1v) is 6.84. The van der Waals surface area contributed by atoms with Crippen LogP contribution in [0.5, 0.6) is 0 Å². The molecule has 4 heteroatoms. The van der Waals surface area contributed by atoms with Crippen LogP contribution in [0, 0.1) is 17.8 Å². The lowest BCUT2D eigenvalue weighted by atomic mass is 9.88. The summed E-state index contributed by atoms with van der Waals surface area (Å²) in [6.45, 7) is 0. The zero-order valence-corrected chi connectivity index (χ0v) is 10.8. The van der Waals surface area contributed by atoms with E-state index in [0.29, 0.717) is 23.1 Å². The molecule has 0 spiro atoms. The van der Waals surface area contributed by atoms with E-state index in [-0.39, 0.29) is 17.7 Å². The number of hydrogen-bond acceptors (Lipinski definition) is 3. The number of rotatable bonds is 2. The average molecular weight is 258 g/mol. The van der Waals surface area contributed by atoms with Gasteiger partial charge in [-0.25, -0.2) is 0 Å². The quantitative estimate of drug-likeness (QED) is 0.629. The molecule has 2 fully saturated rings. The Morgan fingerprint density at radius 2 is 1.84 bits per heavy atom. The Labute approximate surface area is 112 Å². The highest BCUT2D eigenvalue weighted by molar-refractivity contribution is 6.05. The molecular weight excluding hydrogens is 240 g/mol. The molecule has 2 aliphatic carbocycles. The van der Waals surface area contributed by atoms with E-state index >= 15 is 0 Å². The van der Waals surface area contributed by atoms with Gasteiger partial charge >= 0.3 is 0 Å². The van der Waals surface area contributed by atoms with Crippen molar-refractivity contribution in [2.75, 3.05) is 5.73 Å². The molecule has 0 aliphatic heterocycles. The summed E-state index contributed by atoms with van der Waals surface area (Å²) in [5.41, 5.74) is 6.65. The van der Waals surface area contributed by atoms with Gasteiger partial charge in [0.05, 0.1) is 0 Å². The van der Waals surface area contributed by atoms with Crippen molar-refractivity contribution in [2.24, 2.45) is 17.8 Å². The van der Waals surface area contributed by atoms with Crippen LogP contribution in [-0.4, -0.2) is 11.8 Å². The van der Waals surface area contributed by atoms with Crippen molar-refractivity contribution in [3.8, 4) is 0 Å². The fourth-order valence-corrected chi connectivity index (χ4v) is 3.48. The number of nitrogens with two attached hydrogens (primary N) is 1. The molecular formula is C15H18N2O2. The monoisotopic (exact) mass is 258 g/mol. The summed E-state index contributed by atoms with van der Waals surface area (Å²) in [7, 11) is 0. The van der Waals surface area contributed by atoms with Crippen molar-refractivity contribution in [1.29, 1.82) is 0 Å². The lowest BCUT2D eigenvalue weighted by molar-refractivity contribution is -0.125. The van der Waals surface area contributed by atoms with Crippen LogP contribution in [0.1, 0.15) is 36.0 Å². The van der Waals surface area contributed by atoms with E-state index < -0.39 is 0 Å². The van der Waals surface area contributed by atoms with Gasteiger partial charge < -0.3 is 5.73 Å². The van der Waals surface area contributed by atoms with Gasteiger partial charge in [-0.05, 0) is 55.4 Å². The summed E-state index contributed by atoms with van der Waals surface area (Å²) >= 11 is 0. The largest absolute Gasteiger partial charge is 0.399 e. The van der Waals surface area contributed by atoms with Crippen LogP contribution >= 0.6 is 0 Å². The van der Waals surface area contributed by atoms with Crippen molar-refractivity contribution < 1.29 is 9.59 Å². The van der Waals surface area contributed by atoms with Gasteiger partial charge in [0.25, 0.3) is 5.91 Å². The van der Waals surface area contributed by atoms with Crippen molar-refractivity contribution in [3.63, 3.8) is 0 Å². The molecule has 1 aromatic rings. The lowest BCUT2D eigenvalue weighted by Crippen LogP contribution is -2.37. The molecule has 2 aliphatic rings. The normalized spacial score (nSPS) is 28.3. The second kappa shape index (κ2) is 4.68. The van der Waals surface area contributed by atoms with Gasteiger partial charge in [-0.1, -0.05) is 6.42 Å². The van der Waals surface area contributed by atoms with E-state index in [4.69, 9.17) is 5.73 Å². The van der Waals surface area contributed by atoms with E-state index in [9.17, 15) is 9.59 Å². The van der Waals surface area contributed by atoms with E-state index in [1.165, 1.54) is 6.42 Å². The van der Waals surface area contributed by atoms with Crippen molar-refractivity contribution in [1.82, 2.24) is 5.32 Å². The predicted octanol–water partition coefficient (Wildman–Crippen LogP) is 1.96. The molecule has 0 saturated heterocycles. The van der Waals surface area contributed by atoms with Crippen LogP contribution in [0.4, 0.5) is 5.69 Å². The third kappa shape index (κ3) is 2.35. The summed E-state index contributed by atoms with van der Waals surface area (Å²) in [4.78, 5) is 24.1. The minimum absolute atomic E-state index is 0.0384. The molecule has 1 aromatic carbocycles. The fourth-order valence-electron chi connectivity index (χ4n) is 3.48. The Hall–Kier alpha value is -1.84. The maximum Gasteiger partial charge on any atom is 0.257 e. The Morgan fingerprint density at radius 3 is 2.42 bits per heavy atom. The van der Waals surface area contributed by atoms with Crippen LogP contribution in [0.25, 0.3) is 0 Å². The molecule has 3 atom stereocenters. The highest BCUT2D eigenvalue weighted by Crippen LogP contribution is 2.48. The number of benzene rings is 1. The van der Waals surface area contributed by atoms with Gasteiger partial charge in [-0.3, -0.25) is 14.9 Å². The maximum absolute atomic E-state index is 12.1. The summed E-state index contributed by atoms with van der Waals surface area (Å²) in [6.07, 6.45) is 4.50. The molecule has 2 amide bonds. The second-order valence-electron chi connectivity index (χ2n) is 5.72. The highest BCUT2D eigenvalue weighted by Gasteiger charge is 2.43. The molecule has 2 saturated carbocycles. The van der Waals surface area contributed by atoms with Gasteiger partial charge in [0.2, 0.25) is 5.91 Å². The van der Waals surface area contributed by atoms with E-state index in [1.54, 1.807) is 24.3 Å². The molecule has 19 heavy (non-hydrogen) atoms. The Bertz CT molecular complexity index is 509. The number of anilines is 1. The van der Waals surface area contributed by atoms with Gasteiger partial charge in [-0.15, -0.1) is 0 Å². The number of imide groups is 1. The zero-order chi connectivity index (χ0) is 13.4. The van der Waals surface area contributed by atoms with Crippen molar-refractivity contribution in [2.45, 2.75) is 25.7 Å². The van der Waals surface area contributed by atoms with Crippen molar-refractivity contribution in [3.05, 3.63) is 29.8 Å². The van der Waals surface area contributed by atoms with Gasteiger partial charge in [-0.2, -0.15) is 0 Å². The summed E-state index contributed by atoms with van der Waals surface area (Å²) in [6, 6.07) is 6.60. The molecule has 0 heterocycles. The standard InChI is InChI=1S/C15H18N2O2/c16-12-5-3-10(4-6-12)14(18)17-15(19)13-8-9-1-2-11(13)7-9/h3-6,9,11,13H,1-2,7-8,16H2,(H,17,18,19). The summed E-state index contributed by atoms with van der Waals surface area (Å²) in [5.74, 6) is 0.801. The van der Waals surface area contributed by atoms with Gasteiger partial charge in [0.1, 0.15) is 0 Å². The Balaban J connectivity index is 1.63. The van der Waals surface area contributed by atoms with E-state index in [1.807, 2.05) is 0 Å². The fraction of sp³-hybridized carbons (Fsp3) is 0.467. The topological polar surface area (TPSA) is 72.2 Å². The number of hydrogen-bond donors (Lipinski definition) is 2. The Morgan fingerprint density at radius 1 is 1.11 bits per heavy atom. The average Bonchev–Trinajstić information content (AvgIpc) is 3.01. The Kier molecular flexibility index (Phi) is 3.01. The minimum atomic E-state index is -0.326. The van der Waals surface area contributed by atoms with Crippen LogP contribution < -0.4 is 11.1 Å². The first-order chi connectivity index (χ1) is 9.13. The molecule has 3 rings (SSSR count). The predicted molar refractivity (Wildman–Crippen MR) is 72.3 cm³/mol. The third-order valence-electron chi connectivity index (χ3n) is 4.48. The first kappa shape index (κ1) is 12.2. The lowest BCUT2D eigenvalue weighted by Gasteiger charge is -2.20. The van der Waals surface area contributed by atoms with Gasteiger partial charge in [0, 0.05) is 17.2 Å². The zero-order valence-electron chi connectivity index (χ0n) is 10.8. The maximum atomic E-state index is 12.1. The van der Waals surface area contributed by atoms with Gasteiger partial charge in [0.15, 0.2) is 0 Å². The van der Waals surface area contributed by atoms with Crippen LogP contribution in [0.3, 0.4) is 0 Å². The highest BCUT2D eigenvalue weighted by atomic mass is 16.2. The third-order valence-corrected chi connectivity index (χ3v) is 4.48. The number of amides is 2. The van der Waals surface area contributed by atoms with Crippen LogP contribution in [0.2, 0.25) is 0 Å². The molecule has 100 valence electrons. The second-order valence-corrected chi connectivity index (χ2v) is 5.72. The molecule has 2 bridgehead atoms. The molecule has 3 N–H and O–H groups in total. The van der Waals surface area contributed by atoms with E-state index in [2.05, 4.69) is 5.32 Å². The molecule has 0 radical (unpaired) electrons. The number of fused-ring (bicyclic) bond motifs is 2. The van der Waals surface area contributed by atoms with Crippen molar-refractivity contribution >= 4 is 17.5 Å². The molecule has 4 nitrogen and oxygen atoms in total. The number of nitrogens with one attached hydrogen (secondary N) is 1. The summed E-state index contributed by atoms with van der Waals surface area (Å²) < 4.78 is 0. The summed E-state index contributed by atoms with van der Waals surface area (Å²) in [5, 5.41) is 2.52. The smallest absolute Gasteiger partial charge is 0.257 e.